The van der Waals surface area contributed by atoms with Crippen molar-refractivity contribution in [2.45, 2.75) is 19.9 Å². The molecule has 0 aliphatic heterocycles. The summed E-state index contributed by atoms with van der Waals surface area (Å²) in [7, 11) is 0. The summed E-state index contributed by atoms with van der Waals surface area (Å²) >= 11 is 0. The fourth-order valence-corrected chi connectivity index (χ4v) is 1.55. The number of amides is 1. The number of nitrogens with two attached hydrogens (primary N) is 1. The minimum Gasteiger partial charge on any atom is -0.384 e. The van der Waals surface area contributed by atoms with E-state index < -0.39 is 0 Å². The Morgan fingerprint density at radius 3 is 2.78 bits per heavy atom. The predicted molar refractivity (Wildman–Crippen MR) is 69.2 cm³/mol. The second kappa shape index (κ2) is 4.87. The second-order valence-electron chi connectivity index (χ2n) is 4.18. The molecule has 0 spiro atoms. The van der Waals surface area contributed by atoms with E-state index in [1.54, 1.807) is 29.1 Å². The molecule has 0 radical (unpaired) electrons. The molecule has 0 unspecified atom stereocenters. The van der Waals surface area contributed by atoms with Gasteiger partial charge in [0, 0.05) is 18.3 Å². The monoisotopic (exact) mass is 245 g/mol. The summed E-state index contributed by atoms with van der Waals surface area (Å²) in [6.07, 6.45) is 3.09. The fourth-order valence-electron chi connectivity index (χ4n) is 1.55. The molecule has 0 atom stereocenters. The lowest BCUT2D eigenvalue weighted by atomic mass is 10.2. The summed E-state index contributed by atoms with van der Waals surface area (Å²) in [5.74, 6) is 0.815. The maximum absolute atomic E-state index is 12.0. The van der Waals surface area contributed by atoms with Crippen LogP contribution in [0, 0.1) is 0 Å². The molecule has 0 saturated carbocycles. The van der Waals surface area contributed by atoms with E-state index in [4.69, 9.17) is 5.73 Å². The van der Waals surface area contributed by atoms with Crippen molar-refractivity contribution in [2.24, 2.45) is 0 Å². The van der Waals surface area contributed by atoms with Gasteiger partial charge in [0.05, 0.1) is 11.8 Å². The smallest absolute Gasteiger partial charge is 0.258 e. The summed E-state index contributed by atoms with van der Waals surface area (Å²) in [6, 6.07) is 5.16. The Morgan fingerprint density at radius 2 is 2.17 bits per heavy atom. The number of rotatable bonds is 3. The number of pyridine rings is 1. The van der Waals surface area contributed by atoms with Gasteiger partial charge < -0.3 is 11.1 Å². The minimum atomic E-state index is -0.232. The van der Waals surface area contributed by atoms with Gasteiger partial charge in [0.2, 0.25) is 0 Å². The van der Waals surface area contributed by atoms with Crippen molar-refractivity contribution in [2.75, 3.05) is 11.1 Å². The Morgan fingerprint density at radius 1 is 1.39 bits per heavy atom. The molecule has 6 nitrogen and oxygen atoms in total. The molecule has 1 amide bonds. The van der Waals surface area contributed by atoms with Crippen LogP contribution >= 0.6 is 0 Å². The zero-order chi connectivity index (χ0) is 13.1. The molecule has 0 saturated heterocycles. The highest BCUT2D eigenvalue weighted by atomic mass is 16.1. The highest BCUT2D eigenvalue weighted by Crippen LogP contribution is 2.14. The first-order chi connectivity index (χ1) is 8.58. The summed E-state index contributed by atoms with van der Waals surface area (Å²) in [4.78, 5) is 15.8. The standard InChI is InChI=1S/C12H15N5O/c1-8(2)17-11(5-6-15-17)16-12(18)9-3-4-10(13)14-7-9/h3-8H,1-2H3,(H2,13,14)(H,16,18). The van der Waals surface area contributed by atoms with Crippen molar-refractivity contribution in [3.63, 3.8) is 0 Å². The Kier molecular flexibility index (Phi) is 3.27. The van der Waals surface area contributed by atoms with Gasteiger partial charge in [-0.15, -0.1) is 0 Å². The number of hydrogen-bond donors (Lipinski definition) is 2. The van der Waals surface area contributed by atoms with Crippen molar-refractivity contribution in [1.29, 1.82) is 0 Å². The van der Waals surface area contributed by atoms with Crippen LogP contribution in [0.1, 0.15) is 30.2 Å². The second-order valence-corrected chi connectivity index (χ2v) is 4.18. The van der Waals surface area contributed by atoms with Crippen LogP contribution < -0.4 is 11.1 Å². The van der Waals surface area contributed by atoms with Crippen molar-refractivity contribution in [1.82, 2.24) is 14.8 Å². The molecular formula is C12H15N5O. The molecule has 18 heavy (non-hydrogen) atoms. The first-order valence-corrected chi connectivity index (χ1v) is 5.64. The molecular weight excluding hydrogens is 230 g/mol. The van der Waals surface area contributed by atoms with Crippen molar-refractivity contribution in [3.05, 3.63) is 36.2 Å². The number of anilines is 2. The van der Waals surface area contributed by atoms with Crippen LogP contribution in [-0.2, 0) is 0 Å². The van der Waals surface area contributed by atoms with E-state index in [2.05, 4.69) is 15.4 Å². The fraction of sp³-hybridized carbons (Fsp3) is 0.250. The Balaban J connectivity index is 2.16. The SMILES string of the molecule is CC(C)n1nccc1NC(=O)c1ccc(N)nc1. The van der Waals surface area contributed by atoms with Gasteiger partial charge in [-0.05, 0) is 26.0 Å². The topological polar surface area (TPSA) is 85.8 Å². The molecule has 2 aromatic rings. The van der Waals surface area contributed by atoms with Crippen LogP contribution in [0.2, 0.25) is 0 Å². The largest absolute Gasteiger partial charge is 0.384 e. The molecule has 0 fully saturated rings. The number of aromatic nitrogens is 3. The van der Waals surface area contributed by atoms with Crippen molar-refractivity contribution < 1.29 is 4.79 Å². The van der Waals surface area contributed by atoms with Crippen LogP contribution in [0.15, 0.2) is 30.6 Å². The third-order valence-electron chi connectivity index (χ3n) is 2.45. The maximum Gasteiger partial charge on any atom is 0.258 e. The third-order valence-corrected chi connectivity index (χ3v) is 2.45. The van der Waals surface area contributed by atoms with Gasteiger partial charge in [-0.3, -0.25) is 4.79 Å². The molecule has 0 aliphatic carbocycles. The zero-order valence-electron chi connectivity index (χ0n) is 10.3. The highest BCUT2D eigenvalue weighted by molar-refractivity contribution is 6.03. The molecule has 3 N–H and O–H groups in total. The predicted octanol–water partition coefficient (Wildman–Crippen LogP) is 1.69. The lowest BCUT2D eigenvalue weighted by molar-refractivity contribution is 0.102. The van der Waals surface area contributed by atoms with Gasteiger partial charge in [0.15, 0.2) is 0 Å². The summed E-state index contributed by atoms with van der Waals surface area (Å²) in [5.41, 5.74) is 5.93. The van der Waals surface area contributed by atoms with E-state index in [1.165, 1.54) is 6.20 Å². The Bertz CT molecular complexity index is 544. The average Bonchev–Trinajstić information content (AvgIpc) is 2.78. The van der Waals surface area contributed by atoms with Gasteiger partial charge in [-0.25, -0.2) is 9.67 Å². The molecule has 2 aromatic heterocycles. The van der Waals surface area contributed by atoms with Gasteiger partial charge in [0.25, 0.3) is 5.91 Å². The summed E-state index contributed by atoms with van der Waals surface area (Å²) in [5, 5.41) is 6.93. The number of nitrogens with one attached hydrogen (secondary N) is 1. The van der Waals surface area contributed by atoms with Crippen molar-refractivity contribution in [3.8, 4) is 0 Å². The average molecular weight is 245 g/mol. The number of hydrogen-bond acceptors (Lipinski definition) is 4. The van der Waals surface area contributed by atoms with Gasteiger partial charge in [0.1, 0.15) is 11.6 Å². The van der Waals surface area contributed by atoms with Gasteiger partial charge in [-0.1, -0.05) is 0 Å². The summed E-state index contributed by atoms with van der Waals surface area (Å²) in [6.45, 7) is 3.99. The number of nitrogens with zero attached hydrogens (tertiary/aromatic N) is 3. The molecule has 94 valence electrons. The van der Waals surface area contributed by atoms with E-state index in [0.717, 1.165) is 0 Å². The van der Waals surface area contributed by atoms with E-state index in [-0.39, 0.29) is 11.9 Å². The molecule has 0 aromatic carbocycles. The lowest BCUT2D eigenvalue weighted by Gasteiger charge is -2.11. The lowest BCUT2D eigenvalue weighted by Crippen LogP contribution is -2.17. The Labute approximate surface area is 105 Å². The van der Waals surface area contributed by atoms with Crippen LogP contribution in [0.25, 0.3) is 0 Å². The van der Waals surface area contributed by atoms with Crippen LogP contribution in [0.5, 0.6) is 0 Å². The molecule has 6 heteroatoms. The number of carbonyl (C=O) groups excluding carboxylic acids is 1. The molecule has 0 bridgehead atoms. The molecule has 0 aliphatic rings. The van der Waals surface area contributed by atoms with Gasteiger partial charge in [-0.2, -0.15) is 5.10 Å². The number of nitrogen functional groups attached to an aromatic ring is 1. The number of carbonyl (C=O) groups is 1. The van der Waals surface area contributed by atoms with Crippen molar-refractivity contribution >= 4 is 17.5 Å². The van der Waals surface area contributed by atoms with E-state index in [0.29, 0.717) is 17.2 Å². The zero-order valence-corrected chi connectivity index (χ0v) is 10.3. The van der Waals surface area contributed by atoms with Gasteiger partial charge >= 0.3 is 0 Å². The van der Waals surface area contributed by atoms with E-state index in [9.17, 15) is 4.79 Å². The third kappa shape index (κ3) is 2.48. The van der Waals surface area contributed by atoms with E-state index in [1.807, 2.05) is 13.8 Å². The van der Waals surface area contributed by atoms with Crippen LogP contribution in [-0.4, -0.2) is 20.7 Å². The Hall–Kier alpha value is -2.37. The minimum absolute atomic E-state index is 0.180. The van der Waals surface area contributed by atoms with E-state index >= 15 is 0 Å². The highest BCUT2D eigenvalue weighted by Gasteiger charge is 2.11. The summed E-state index contributed by atoms with van der Waals surface area (Å²) < 4.78 is 1.74. The molecule has 2 heterocycles. The quantitative estimate of drug-likeness (QED) is 0.861. The normalized spacial score (nSPS) is 10.6. The first kappa shape index (κ1) is 12.1. The maximum atomic E-state index is 12.0. The molecule has 2 rings (SSSR count). The van der Waals surface area contributed by atoms with Crippen LogP contribution in [0.4, 0.5) is 11.6 Å². The van der Waals surface area contributed by atoms with Crippen LogP contribution in [0.3, 0.4) is 0 Å². The first-order valence-electron chi connectivity index (χ1n) is 5.64.